The molecule has 0 amide bonds. The maximum Gasteiger partial charge on any atom is 0.0201 e. The standard InChI is InChI=1S/C10H20IN/c1-4-10-5-8(2)6-12(11)7-9(10)3/h8-10H,4-7H2,1-3H3/t8?,9?,10-/m0/s1. The first kappa shape index (κ1) is 10.8. The van der Waals surface area contributed by atoms with Crippen molar-refractivity contribution in [2.75, 3.05) is 13.1 Å². The lowest BCUT2D eigenvalue weighted by atomic mass is 9.86. The fourth-order valence-electron chi connectivity index (χ4n) is 2.27. The molecule has 1 rings (SSSR count). The van der Waals surface area contributed by atoms with E-state index in [4.69, 9.17) is 0 Å². The first-order valence-electron chi connectivity index (χ1n) is 5.04. The Morgan fingerprint density at radius 1 is 1.33 bits per heavy atom. The minimum atomic E-state index is 0.886. The fourth-order valence-corrected chi connectivity index (χ4v) is 3.56. The summed E-state index contributed by atoms with van der Waals surface area (Å²) in [6.07, 6.45) is 2.78. The van der Waals surface area contributed by atoms with Crippen LogP contribution in [0.15, 0.2) is 0 Å². The monoisotopic (exact) mass is 281 g/mol. The van der Waals surface area contributed by atoms with Crippen molar-refractivity contribution in [3.05, 3.63) is 0 Å². The van der Waals surface area contributed by atoms with Gasteiger partial charge in [0, 0.05) is 36.0 Å². The van der Waals surface area contributed by atoms with Crippen molar-refractivity contribution in [2.24, 2.45) is 17.8 Å². The Hall–Kier alpha value is 0.690. The number of rotatable bonds is 1. The zero-order valence-electron chi connectivity index (χ0n) is 8.39. The summed E-state index contributed by atoms with van der Waals surface area (Å²) < 4.78 is 2.46. The molecule has 1 aliphatic rings. The maximum absolute atomic E-state index is 2.47. The van der Waals surface area contributed by atoms with E-state index in [0.29, 0.717) is 0 Å². The largest absolute Gasteiger partial charge is 0.247 e. The Bertz CT molecular complexity index is 138. The van der Waals surface area contributed by atoms with Gasteiger partial charge in [-0.1, -0.05) is 27.2 Å². The van der Waals surface area contributed by atoms with E-state index in [0.717, 1.165) is 17.8 Å². The van der Waals surface area contributed by atoms with Gasteiger partial charge in [-0.3, -0.25) is 0 Å². The third kappa shape index (κ3) is 2.87. The van der Waals surface area contributed by atoms with Gasteiger partial charge in [0.15, 0.2) is 0 Å². The van der Waals surface area contributed by atoms with Crippen LogP contribution in [0.1, 0.15) is 33.6 Å². The zero-order chi connectivity index (χ0) is 9.14. The highest BCUT2D eigenvalue weighted by Gasteiger charge is 2.24. The van der Waals surface area contributed by atoms with E-state index in [1.807, 2.05) is 0 Å². The van der Waals surface area contributed by atoms with E-state index in [2.05, 4.69) is 46.7 Å². The summed E-state index contributed by atoms with van der Waals surface area (Å²) in [5.74, 6) is 2.73. The Morgan fingerprint density at radius 3 is 2.58 bits per heavy atom. The third-order valence-electron chi connectivity index (χ3n) is 3.03. The van der Waals surface area contributed by atoms with Crippen molar-refractivity contribution in [1.29, 1.82) is 0 Å². The molecule has 0 saturated carbocycles. The highest BCUT2D eigenvalue weighted by Crippen LogP contribution is 2.29. The van der Waals surface area contributed by atoms with Gasteiger partial charge in [0.25, 0.3) is 0 Å². The Balaban J connectivity index is 2.54. The van der Waals surface area contributed by atoms with Crippen LogP contribution in [-0.2, 0) is 0 Å². The Morgan fingerprint density at radius 2 is 2.00 bits per heavy atom. The summed E-state index contributed by atoms with van der Waals surface area (Å²) in [5, 5.41) is 0. The van der Waals surface area contributed by atoms with E-state index in [1.165, 1.54) is 25.9 Å². The molecule has 0 aromatic rings. The van der Waals surface area contributed by atoms with Crippen LogP contribution in [0.2, 0.25) is 0 Å². The van der Waals surface area contributed by atoms with Gasteiger partial charge in [0.2, 0.25) is 0 Å². The van der Waals surface area contributed by atoms with Gasteiger partial charge in [-0.25, -0.2) is 3.11 Å². The van der Waals surface area contributed by atoms with Crippen LogP contribution in [-0.4, -0.2) is 16.2 Å². The van der Waals surface area contributed by atoms with E-state index < -0.39 is 0 Å². The van der Waals surface area contributed by atoms with E-state index >= 15 is 0 Å². The molecule has 0 aromatic heterocycles. The summed E-state index contributed by atoms with van der Waals surface area (Å²) in [4.78, 5) is 0. The maximum atomic E-state index is 2.47. The molecule has 1 heterocycles. The molecule has 1 nitrogen and oxygen atoms in total. The molecule has 0 aromatic carbocycles. The normalized spacial score (nSPS) is 39.5. The second kappa shape index (κ2) is 4.80. The molecule has 1 fully saturated rings. The van der Waals surface area contributed by atoms with Crippen molar-refractivity contribution in [3.8, 4) is 0 Å². The van der Waals surface area contributed by atoms with E-state index in [9.17, 15) is 0 Å². The van der Waals surface area contributed by atoms with Crippen LogP contribution in [0.25, 0.3) is 0 Å². The van der Waals surface area contributed by atoms with Gasteiger partial charge in [-0.05, 0) is 24.2 Å². The molecule has 0 N–H and O–H groups in total. The molecule has 3 atom stereocenters. The van der Waals surface area contributed by atoms with Gasteiger partial charge in [0.1, 0.15) is 0 Å². The van der Waals surface area contributed by atoms with Crippen LogP contribution in [0, 0.1) is 17.8 Å². The number of hydrogen-bond acceptors (Lipinski definition) is 1. The van der Waals surface area contributed by atoms with Crippen molar-refractivity contribution in [3.63, 3.8) is 0 Å². The predicted molar refractivity (Wildman–Crippen MR) is 62.3 cm³/mol. The lowest BCUT2D eigenvalue weighted by Gasteiger charge is -2.20. The average Bonchev–Trinajstić information content (AvgIpc) is 2.09. The van der Waals surface area contributed by atoms with Crippen molar-refractivity contribution < 1.29 is 0 Å². The van der Waals surface area contributed by atoms with Crippen LogP contribution in [0.4, 0.5) is 0 Å². The number of nitrogens with zero attached hydrogens (tertiary/aromatic N) is 1. The molecule has 1 aliphatic heterocycles. The molecule has 0 bridgehead atoms. The quantitative estimate of drug-likeness (QED) is 0.526. The van der Waals surface area contributed by atoms with E-state index in [-0.39, 0.29) is 0 Å². The predicted octanol–water partition coefficient (Wildman–Crippen LogP) is 3.34. The topological polar surface area (TPSA) is 3.24 Å². The Kier molecular flexibility index (Phi) is 4.30. The zero-order valence-corrected chi connectivity index (χ0v) is 10.5. The summed E-state index contributed by atoms with van der Waals surface area (Å²) >= 11 is 2.47. The van der Waals surface area contributed by atoms with Crippen LogP contribution >= 0.6 is 22.9 Å². The van der Waals surface area contributed by atoms with Gasteiger partial charge in [-0.15, -0.1) is 0 Å². The van der Waals surface area contributed by atoms with Gasteiger partial charge in [-0.2, -0.15) is 0 Å². The molecule has 72 valence electrons. The lowest BCUT2D eigenvalue weighted by molar-refractivity contribution is 0.313. The molecule has 0 spiro atoms. The first-order valence-corrected chi connectivity index (χ1v) is 6.00. The number of halogens is 1. The van der Waals surface area contributed by atoms with Gasteiger partial charge < -0.3 is 0 Å². The van der Waals surface area contributed by atoms with Crippen molar-refractivity contribution in [2.45, 2.75) is 33.6 Å². The fraction of sp³-hybridized carbons (Fsp3) is 1.00. The van der Waals surface area contributed by atoms with Crippen molar-refractivity contribution >= 4 is 22.9 Å². The summed E-state index contributed by atoms with van der Waals surface area (Å²) in [6.45, 7) is 9.67. The second-order valence-corrected chi connectivity index (χ2v) is 5.68. The lowest BCUT2D eigenvalue weighted by Crippen LogP contribution is -2.20. The molecule has 12 heavy (non-hydrogen) atoms. The van der Waals surface area contributed by atoms with E-state index in [1.54, 1.807) is 0 Å². The molecule has 2 heteroatoms. The van der Waals surface area contributed by atoms with Crippen LogP contribution < -0.4 is 0 Å². The molecule has 1 saturated heterocycles. The molecule has 0 aliphatic carbocycles. The molecule has 2 unspecified atom stereocenters. The van der Waals surface area contributed by atoms with Gasteiger partial charge >= 0.3 is 0 Å². The Labute approximate surface area is 90.4 Å². The molecular formula is C10H20IN. The molecular weight excluding hydrogens is 261 g/mol. The molecule has 0 radical (unpaired) electrons. The SMILES string of the molecule is CC[C@H]1CC(C)CN(I)CC1C. The third-order valence-corrected chi connectivity index (χ3v) is 3.82. The minimum Gasteiger partial charge on any atom is -0.247 e. The summed E-state index contributed by atoms with van der Waals surface area (Å²) in [5.41, 5.74) is 0. The van der Waals surface area contributed by atoms with Gasteiger partial charge in [0.05, 0.1) is 0 Å². The second-order valence-electron chi connectivity index (χ2n) is 4.31. The smallest absolute Gasteiger partial charge is 0.0201 e. The minimum absolute atomic E-state index is 0.886. The average molecular weight is 281 g/mol. The highest BCUT2D eigenvalue weighted by molar-refractivity contribution is 14.1. The van der Waals surface area contributed by atoms with Crippen LogP contribution in [0.5, 0.6) is 0 Å². The summed E-state index contributed by atoms with van der Waals surface area (Å²) in [6, 6.07) is 0. The van der Waals surface area contributed by atoms with Crippen LogP contribution in [0.3, 0.4) is 0 Å². The highest BCUT2D eigenvalue weighted by atomic mass is 127. The van der Waals surface area contributed by atoms with Crippen molar-refractivity contribution in [1.82, 2.24) is 3.11 Å². The first-order chi connectivity index (χ1) is 5.63. The number of hydrogen-bond donors (Lipinski definition) is 0. The summed E-state index contributed by atoms with van der Waals surface area (Å²) in [7, 11) is 0.